The van der Waals surface area contributed by atoms with Crippen LogP contribution >= 0.6 is 0 Å². The largest absolute Gasteiger partial charge is 0.456 e. The monoisotopic (exact) mass is 334 g/mol. The van der Waals surface area contributed by atoms with Gasteiger partial charge in [0, 0.05) is 11.5 Å². The number of aliphatic hydroxyl groups excluding tert-OH is 1. The zero-order valence-electron chi connectivity index (χ0n) is 15.1. The van der Waals surface area contributed by atoms with Crippen molar-refractivity contribution in [3.05, 3.63) is 23.8 Å². The minimum Gasteiger partial charge on any atom is -0.456 e. The summed E-state index contributed by atoms with van der Waals surface area (Å²) in [5.41, 5.74) is 1.29. The quantitative estimate of drug-likeness (QED) is 0.418. The number of hydrogen-bond donors (Lipinski definition) is 1. The fourth-order valence-electron chi connectivity index (χ4n) is 4.39. The summed E-state index contributed by atoms with van der Waals surface area (Å²) < 4.78 is 12.1. The Bertz CT molecular complexity index is 552. The van der Waals surface area contributed by atoms with Gasteiger partial charge in [-0.15, -0.1) is 0 Å². The van der Waals surface area contributed by atoms with Gasteiger partial charge < -0.3 is 14.6 Å². The average molecular weight is 334 g/mol. The maximum Gasteiger partial charge on any atom is 0.334 e. The SMILES string of the molecule is C=C1C(=O)O[C@H]2[C@@H]3O[C@](C)(CC/C=C(/C)CCC[C@@H]3C)[C@@H](O)C[C@@H]12. The van der Waals surface area contributed by atoms with Crippen LogP contribution in [0.25, 0.3) is 0 Å². The molecule has 3 aliphatic heterocycles. The van der Waals surface area contributed by atoms with Crippen LogP contribution < -0.4 is 0 Å². The van der Waals surface area contributed by atoms with Crippen molar-refractivity contribution in [1.29, 1.82) is 0 Å². The van der Waals surface area contributed by atoms with Gasteiger partial charge in [-0.1, -0.05) is 25.2 Å². The van der Waals surface area contributed by atoms with Crippen molar-refractivity contribution < 1.29 is 19.4 Å². The molecule has 0 amide bonds. The number of rotatable bonds is 0. The standard InChI is InChI=1S/C20H30O4/c1-12-7-5-9-13(2)17-18-15(14(3)19(22)23-18)11-16(21)20(4,24-17)10-6-8-12/h8,13,15-18,21H,3,5-7,9-11H2,1-2,4H3/b12-8-/t13-,15-,16-,17+,18+,20+/m0/s1. The zero-order chi connectivity index (χ0) is 17.5. The summed E-state index contributed by atoms with van der Waals surface area (Å²) in [5.74, 6) is -0.197. The summed E-state index contributed by atoms with van der Waals surface area (Å²) in [4.78, 5) is 12.0. The first-order valence-corrected chi connectivity index (χ1v) is 9.23. The first-order chi connectivity index (χ1) is 11.3. The van der Waals surface area contributed by atoms with Crippen molar-refractivity contribution in [2.24, 2.45) is 11.8 Å². The summed E-state index contributed by atoms with van der Waals surface area (Å²) in [6, 6.07) is 0. The molecule has 0 aromatic heterocycles. The summed E-state index contributed by atoms with van der Waals surface area (Å²) >= 11 is 0. The molecule has 2 fully saturated rings. The van der Waals surface area contributed by atoms with E-state index in [4.69, 9.17) is 9.47 Å². The van der Waals surface area contributed by atoms with Crippen molar-refractivity contribution in [2.45, 2.75) is 83.2 Å². The van der Waals surface area contributed by atoms with E-state index < -0.39 is 11.7 Å². The van der Waals surface area contributed by atoms with Crippen molar-refractivity contribution >= 4 is 5.97 Å². The minimum atomic E-state index is -0.622. The summed E-state index contributed by atoms with van der Waals surface area (Å²) in [5, 5.41) is 10.9. The number of hydrogen-bond acceptors (Lipinski definition) is 4. The molecule has 4 heteroatoms. The zero-order valence-corrected chi connectivity index (χ0v) is 15.1. The maximum absolute atomic E-state index is 12.0. The molecular formula is C20H30O4. The van der Waals surface area contributed by atoms with E-state index >= 15 is 0 Å². The van der Waals surface area contributed by atoms with E-state index in [1.165, 1.54) is 5.57 Å². The number of fused-ring (bicyclic) bond motifs is 4. The van der Waals surface area contributed by atoms with Crippen molar-refractivity contribution in [1.82, 2.24) is 0 Å². The molecule has 0 radical (unpaired) electrons. The second-order valence-corrected chi connectivity index (χ2v) is 8.11. The van der Waals surface area contributed by atoms with Crippen LogP contribution in [0, 0.1) is 11.8 Å². The van der Waals surface area contributed by atoms with E-state index in [1.54, 1.807) is 0 Å². The number of carbonyl (C=O) groups is 1. The highest BCUT2D eigenvalue weighted by atomic mass is 16.6. The lowest BCUT2D eigenvalue weighted by Crippen LogP contribution is -2.46. The average Bonchev–Trinajstić information content (AvgIpc) is 2.72. The lowest BCUT2D eigenvalue weighted by molar-refractivity contribution is -0.182. The first-order valence-electron chi connectivity index (χ1n) is 9.23. The van der Waals surface area contributed by atoms with E-state index in [9.17, 15) is 9.90 Å². The fraction of sp³-hybridized carbons (Fsp3) is 0.750. The van der Waals surface area contributed by atoms with Crippen LogP contribution in [0.3, 0.4) is 0 Å². The Kier molecular flexibility index (Phi) is 4.89. The van der Waals surface area contributed by atoms with E-state index in [0.717, 1.165) is 32.1 Å². The van der Waals surface area contributed by atoms with Gasteiger partial charge in [-0.05, 0) is 58.3 Å². The highest BCUT2D eigenvalue weighted by Crippen LogP contribution is 2.44. The minimum absolute atomic E-state index is 0.137. The molecule has 0 aromatic carbocycles. The number of carbonyl (C=O) groups excluding carboxylic acids is 1. The van der Waals surface area contributed by atoms with Gasteiger partial charge in [-0.25, -0.2) is 4.79 Å². The van der Waals surface area contributed by atoms with Gasteiger partial charge in [0.2, 0.25) is 0 Å². The molecule has 6 atom stereocenters. The Morgan fingerprint density at radius 2 is 2.12 bits per heavy atom. The Morgan fingerprint density at radius 1 is 1.38 bits per heavy atom. The molecule has 3 aliphatic rings. The molecule has 1 N–H and O–H groups in total. The van der Waals surface area contributed by atoms with Gasteiger partial charge in [0.25, 0.3) is 0 Å². The summed E-state index contributed by atoms with van der Waals surface area (Å²) in [6.45, 7) is 10.3. The Hall–Kier alpha value is -1.13. The second-order valence-electron chi connectivity index (χ2n) is 8.11. The number of esters is 1. The maximum atomic E-state index is 12.0. The van der Waals surface area contributed by atoms with Crippen molar-refractivity contribution in [2.75, 3.05) is 0 Å². The lowest BCUT2D eigenvalue weighted by Gasteiger charge is -2.38. The van der Waals surface area contributed by atoms with E-state index in [2.05, 4.69) is 26.5 Å². The van der Waals surface area contributed by atoms with Crippen LogP contribution in [0.4, 0.5) is 0 Å². The molecule has 134 valence electrons. The van der Waals surface area contributed by atoms with Crippen LogP contribution in [0.15, 0.2) is 23.8 Å². The second kappa shape index (κ2) is 6.64. The Morgan fingerprint density at radius 3 is 2.88 bits per heavy atom. The molecule has 2 bridgehead atoms. The molecule has 0 saturated carbocycles. The Balaban J connectivity index is 1.95. The highest BCUT2D eigenvalue weighted by Gasteiger charge is 2.53. The Labute approximate surface area is 144 Å². The van der Waals surface area contributed by atoms with Gasteiger partial charge in [0.15, 0.2) is 0 Å². The van der Waals surface area contributed by atoms with Gasteiger partial charge in [-0.2, -0.15) is 0 Å². The van der Waals surface area contributed by atoms with Gasteiger partial charge >= 0.3 is 5.97 Å². The third kappa shape index (κ3) is 3.18. The molecule has 24 heavy (non-hydrogen) atoms. The van der Waals surface area contributed by atoms with Crippen LogP contribution in [-0.4, -0.2) is 35.0 Å². The van der Waals surface area contributed by atoms with E-state index in [0.29, 0.717) is 12.0 Å². The third-order valence-electron chi connectivity index (χ3n) is 6.19. The molecule has 0 aliphatic carbocycles. The molecule has 2 saturated heterocycles. The molecule has 3 rings (SSSR count). The topological polar surface area (TPSA) is 55.8 Å². The highest BCUT2D eigenvalue weighted by molar-refractivity contribution is 5.90. The smallest absolute Gasteiger partial charge is 0.334 e. The number of aliphatic hydroxyl groups is 1. The van der Waals surface area contributed by atoms with Crippen LogP contribution in [-0.2, 0) is 14.3 Å². The summed E-state index contributed by atoms with van der Waals surface area (Å²) in [6.07, 6.45) is 6.54. The third-order valence-corrected chi connectivity index (χ3v) is 6.19. The van der Waals surface area contributed by atoms with E-state index in [-0.39, 0.29) is 30.0 Å². The summed E-state index contributed by atoms with van der Waals surface area (Å²) in [7, 11) is 0. The predicted octanol–water partition coefficient (Wildman–Crippen LogP) is 3.54. The molecule has 4 nitrogen and oxygen atoms in total. The van der Waals surface area contributed by atoms with E-state index in [1.807, 2.05) is 6.92 Å². The van der Waals surface area contributed by atoms with Crippen molar-refractivity contribution in [3.63, 3.8) is 0 Å². The number of ether oxygens (including phenoxy) is 2. The van der Waals surface area contributed by atoms with Gasteiger partial charge in [-0.3, -0.25) is 0 Å². The fourth-order valence-corrected chi connectivity index (χ4v) is 4.39. The molecule has 0 spiro atoms. The van der Waals surface area contributed by atoms with Gasteiger partial charge in [0.05, 0.1) is 17.8 Å². The first kappa shape index (κ1) is 17.7. The van der Waals surface area contributed by atoms with Gasteiger partial charge in [0.1, 0.15) is 6.10 Å². The molecule has 0 unspecified atom stereocenters. The predicted molar refractivity (Wildman–Crippen MR) is 92.4 cm³/mol. The lowest BCUT2D eigenvalue weighted by atomic mass is 9.82. The molecule has 3 heterocycles. The van der Waals surface area contributed by atoms with Crippen LogP contribution in [0.1, 0.15) is 59.3 Å². The normalized spacial score (nSPS) is 46.2. The van der Waals surface area contributed by atoms with Crippen molar-refractivity contribution in [3.8, 4) is 0 Å². The van der Waals surface area contributed by atoms with Crippen LogP contribution in [0.2, 0.25) is 0 Å². The molecular weight excluding hydrogens is 304 g/mol. The molecule has 0 aromatic rings. The van der Waals surface area contributed by atoms with Crippen LogP contribution in [0.5, 0.6) is 0 Å². The number of allylic oxidation sites excluding steroid dienone is 2.